The summed E-state index contributed by atoms with van der Waals surface area (Å²) in [5, 5.41) is 12.3. The Morgan fingerprint density at radius 3 is 2.75 bits per heavy atom. The Hall–Kier alpha value is -2.08. The molecule has 1 amide bonds. The topological polar surface area (TPSA) is 78.9 Å². The van der Waals surface area contributed by atoms with E-state index in [2.05, 4.69) is 5.32 Å². The van der Waals surface area contributed by atoms with Crippen LogP contribution in [0.1, 0.15) is 6.42 Å². The van der Waals surface area contributed by atoms with E-state index >= 15 is 0 Å². The second-order valence-corrected chi connectivity index (χ2v) is 5.15. The lowest BCUT2D eigenvalue weighted by Crippen LogP contribution is -2.50. The summed E-state index contributed by atoms with van der Waals surface area (Å²) in [7, 11) is 0. The van der Waals surface area contributed by atoms with Crippen LogP contribution in [0.15, 0.2) is 24.3 Å². The van der Waals surface area contributed by atoms with E-state index in [1.807, 2.05) is 6.07 Å². The average Bonchev–Trinajstić information content (AvgIpc) is 2.41. The van der Waals surface area contributed by atoms with E-state index in [1.54, 1.807) is 18.2 Å². The minimum absolute atomic E-state index is 0.0431. The number of fused-ring (bicyclic) bond motifs is 1. The summed E-state index contributed by atoms with van der Waals surface area (Å²) < 4.78 is 5.41. The SMILES string of the molecule is O=C(O)C1CN(C(=O)CC2CNC2)c2ccccc2O1. The molecule has 106 valence electrons. The van der Waals surface area contributed by atoms with Crippen LogP contribution >= 0.6 is 0 Å². The van der Waals surface area contributed by atoms with Gasteiger partial charge in [0.1, 0.15) is 5.75 Å². The summed E-state index contributed by atoms with van der Waals surface area (Å²) in [4.78, 5) is 25.1. The maximum atomic E-state index is 12.4. The monoisotopic (exact) mass is 276 g/mol. The molecule has 0 aliphatic carbocycles. The Labute approximate surface area is 116 Å². The number of nitrogens with zero attached hydrogens (tertiary/aromatic N) is 1. The van der Waals surface area contributed by atoms with Crippen LogP contribution in [0.4, 0.5) is 5.69 Å². The van der Waals surface area contributed by atoms with E-state index in [9.17, 15) is 9.59 Å². The van der Waals surface area contributed by atoms with Crippen molar-refractivity contribution >= 4 is 17.6 Å². The fourth-order valence-corrected chi connectivity index (χ4v) is 2.45. The standard InChI is InChI=1S/C14H16N2O4/c17-13(5-9-6-15-7-9)16-8-12(14(18)19)20-11-4-2-1-3-10(11)16/h1-4,9,12,15H,5-8H2,(H,18,19). The Morgan fingerprint density at radius 1 is 1.35 bits per heavy atom. The van der Waals surface area contributed by atoms with E-state index in [-0.39, 0.29) is 12.5 Å². The summed E-state index contributed by atoms with van der Waals surface area (Å²) in [6.07, 6.45) is -0.568. The summed E-state index contributed by atoms with van der Waals surface area (Å²) >= 11 is 0. The summed E-state index contributed by atoms with van der Waals surface area (Å²) in [5.41, 5.74) is 0.655. The maximum absolute atomic E-state index is 12.4. The highest BCUT2D eigenvalue weighted by molar-refractivity contribution is 5.96. The third-order valence-corrected chi connectivity index (χ3v) is 3.68. The number of rotatable bonds is 3. The molecule has 0 spiro atoms. The van der Waals surface area contributed by atoms with Crippen molar-refractivity contribution in [1.29, 1.82) is 0 Å². The number of para-hydroxylation sites is 2. The lowest BCUT2D eigenvalue weighted by molar-refractivity contribution is -0.145. The van der Waals surface area contributed by atoms with Crippen molar-refractivity contribution in [2.75, 3.05) is 24.5 Å². The molecule has 1 atom stereocenters. The molecule has 6 nitrogen and oxygen atoms in total. The van der Waals surface area contributed by atoms with Crippen LogP contribution in [0.25, 0.3) is 0 Å². The van der Waals surface area contributed by atoms with Crippen LogP contribution in [0.2, 0.25) is 0 Å². The predicted molar refractivity (Wildman–Crippen MR) is 71.8 cm³/mol. The molecule has 2 heterocycles. The lowest BCUT2D eigenvalue weighted by Gasteiger charge is -2.35. The van der Waals surface area contributed by atoms with Gasteiger partial charge in [-0.15, -0.1) is 0 Å². The van der Waals surface area contributed by atoms with Crippen molar-refractivity contribution in [1.82, 2.24) is 5.32 Å². The molecule has 20 heavy (non-hydrogen) atoms. The van der Waals surface area contributed by atoms with Crippen molar-refractivity contribution < 1.29 is 19.4 Å². The zero-order valence-electron chi connectivity index (χ0n) is 10.9. The highest BCUT2D eigenvalue weighted by atomic mass is 16.5. The Bertz CT molecular complexity index is 542. The van der Waals surface area contributed by atoms with Crippen molar-refractivity contribution in [2.24, 2.45) is 5.92 Å². The molecule has 2 aliphatic heterocycles. The normalized spacial score (nSPS) is 21.6. The molecule has 0 radical (unpaired) electrons. The van der Waals surface area contributed by atoms with Gasteiger partial charge in [0.15, 0.2) is 0 Å². The number of aliphatic carboxylic acids is 1. The third-order valence-electron chi connectivity index (χ3n) is 3.68. The first-order valence-electron chi connectivity index (χ1n) is 6.64. The van der Waals surface area contributed by atoms with Gasteiger partial charge >= 0.3 is 5.97 Å². The molecule has 1 aromatic rings. The van der Waals surface area contributed by atoms with E-state index in [0.717, 1.165) is 13.1 Å². The first-order valence-corrected chi connectivity index (χ1v) is 6.64. The largest absolute Gasteiger partial charge is 0.478 e. The first kappa shape index (κ1) is 12.9. The number of carboxylic acids is 1. The second-order valence-electron chi connectivity index (χ2n) is 5.15. The summed E-state index contributed by atoms with van der Waals surface area (Å²) in [5.74, 6) is -0.298. The Morgan fingerprint density at radius 2 is 2.10 bits per heavy atom. The number of nitrogens with one attached hydrogen (secondary N) is 1. The Kier molecular flexibility index (Phi) is 3.31. The molecule has 0 bridgehead atoms. The number of carboxylic acid groups (broad SMARTS) is 1. The molecule has 3 rings (SSSR count). The van der Waals surface area contributed by atoms with Gasteiger partial charge in [-0.3, -0.25) is 4.79 Å². The number of hydrogen-bond acceptors (Lipinski definition) is 4. The number of carbonyl (C=O) groups excluding carboxylic acids is 1. The zero-order chi connectivity index (χ0) is 14.1. The zero-order valence-corrected chi connectivity index (χ0v) is 10.9. The van der Waals surface area contributed by atoms with Gasteiger partial charge in [0.2, 0.25) is 12.0 Å². The molecule has 1 fully saturated rings. The van der Waals surface area contributed by atoms with Crippen molar-refractivity contribution in [3.05, 3.63) is 24.3 Å². The van der Waals surface area contributed by atoms with Crippen LogP contribution in [-0.2, 0) is 9.59 Å². The van der Waals surface area contributed by atoms with Gasteiger partial charge in [-0.1, -0.05) is 12.1 Å². The summed E-state index contributed by atoms with van der Waals surface area (Å²) in [6, 6.07) is 7.05. The van der Waals surface area contributed by atoms with Crippen LogP contribution in [-0.4, -0.2) is 42.7 Å². The molecule has 2 N–H and O–H groups in total. The van der Waals surface area contributed by atoms with Gasteiger partial charge in [0, 0.05) is 6.42 Å². The first-order chi connectivity index (χ1) is 9.65. The van der Waals surface area contributed by atoms with Gasteiger partial charge < -0.3 is 20.1 Å². The molecule has 0 saturated carbocycles. The van der Waals surface area contributed by atoms with Gasteiger partial charge in [0.05, 0.1) is 12.2 Å². The van der Waals surface area contributed by atoms with Crippen LogP contribution in [0.5, 0.6) is 5.75 Å². The van der Waals surface area contributed by atoms with Gasteiger partial charge in [-0.05, 0) is 31.1 Å². The van der Waals surface area contributed by atoms with Crippen LogP contribution in [0, 0.1) is 5.92 Å². The molecule has 1 unspecified atom stereocenters. The van der Waals surface area contributed by atoms with E-state index < -0.39 is 12.1 Å². The molecule has 2 aliphatic rings. The van der Waals surface area contributed by atoms with E-state index in [1.165, 1.54) is 4.90 Å². The molecule has 1 saturated heterocycles. The fourth-order valence-electron chi connectivity index (χ4n) is 2.45. The van der Waals surface area contributed by atoms with Crippen molar-refractivity contribution in [3.63, 3.8) is 0 Å². The number of amides is 1. The molecule has 0 aromatic heterocycles. The van der Waals surface area contributed by atoms with Gasteiger partial charge in [-0.25, -0.2) is 4.79 Å². The third kappa shape index (κ3) is 2.34. The molecular weight excluding hydrogens is 260 g/mol. The number of anilines is 1. The quantitative estimate of drug-likeness (QED) is 0.839. The van der Waals surface area contributed by atoms with Crippen LogP contribution < -0.4 is 15.0 Å². The second kappa shape index (κ2) is 5.13. The van der Waals surface area contributed by atoms with E-state index in [0.29, 0.717) is 23.8 Å². The number of ether oxygens (including phenoxy) is 1. The molecular formula is C14H16N2O4. The summed E-state index contributed by atoms with van der Waals surface area (Å²) in [6.45, 7) is 1.76. The minimum atomic E-state index is -1.05. The lowest BCUT2D eigenvalue weighted by atomic mass is 9.98. The maximum Gasteiger partial charge on any atom is 0.346 e. The Balaban J connectivity index is 1.83. The highest BCUT2D eigenvalue weighted by Crippen LogP contribution is 2.34. The van der Waals surface area contributed by atoms with Gasteiger partial charge in [0.25, 0.3) is 0 Å². The minimum Gasteiger partial charge on any atom is -0.478 e. The number of benzene rings is 1. The number of hydrogen-bond donors (Lipinski definition) is 2. The van der Waals surface area contributed by atoms with Crippen LogP contribution in [0.3, 0.4) is 0 Å². The van der Waals surface area contributed by atoms with Crippen molar-refractivity contribution in [3.8, 4) is 5.75 Å². The predicted octanol–water partition coefficient (Wildman–Crippen LogP) is 0.475. The van der Waals surface area contributed by atoms with Gasteiger partial charge in [-0.2, -0.15) is 0 Å². The van der Waals surface area contributed by atoms with Crippen molar-refractivity contribution in [2.45, 2.75) is 12.5 Å². The average molecular weight is 276 g/mol. The molecule has 1 aromatic carbocycles. The van der Waals surface area contributed by atoms with E-state index in [4.69, 9.17) is 9.84 Å². The fraction of sp³-hybridized carbons (Fsp3) is 0.429. The molecule has 6 heteroatoms. The highest BCUT2D eigenvalue weighted by Gasteiger charge is 2.34. The number of carbonyl (C=O) groups is 2. The smallest absolute Gasteiger partial charge is 0.346 e.